The minimum Gasteiger partial charge on any atom is -0.346 e. The first-order valence-electron chi connectivity index (χ1n) is 6.82. The maximum Gasteiger partial charge on any atom is 0.114 e. The number of rotatable bonds is 3. The molecule has 3 rings (SSSR count). The summed E-state index contributed by atoms with van der Waals surface area (Å²) in [6.45, 7) is 2.02. The lowest BCUT2D eigenvalue weighted by molar-refractivity contribution is 0.846. The Kier molecular flexibility index (Phi) is 4.36. The van der Waals surface area contributed by atoms with Crippen molar-refractivity contribution in [1.82, 2.24) is 9.78 Å². The van der Waals surface area contributed by atoms with Gasteiger partial charge in [-0.1, -0.05) is 46.3 Å². The zero-order chi connectivity index (χ0) is 15.5. The number of para-hydroxylation sites is 1. The SMILES string of the molecule is Cc1c(C(=S)Nc2ccccc2)cnn1-c1ccc(Br)cc1. The van der Waals surface area contributed by atoms with E-state index in [0.717, 1.165) is 27.1 Å². The fraction of sp³-hybridized carbons (Fsp3) is 0.0588. The predicted molar refractivity (Wildman–Crippen MR) is 97.8 cm³/mol. The van der Waals surface area contributed by atoms with Crippen molar-refractivity contribution in [3.63, 3.8) is 0 Å². The summed E-state index contributed by atoms with van der Waals surface area (Å²) in [5, 5.41) is 7.70. The van der Waals surface area contributed by atoms with Crippen LogP contribution in [0.15, 0.2) is 65.3 Å². The van der Waals surface area contributed by atoms with Crippen molar-refractivity contribution in [1.29, 1.82) is 0 Å². The van der Waals surface area contributed by atoms with Crippen LogP contribution >= 0.6 is 28.1 Å². The molecule has 0 saturated carbocycles. The molecular formula is C17H14BrN3S. The first-order valence-corrected chi connectivity index (χ1v) is 8.02. The quantitative estimate of drug-likeness (QED) is 0.674. The molecule has 0 aliphatic rings. The summed E-state index contributed by atoms with van der Waals surface area (Å²) in [5.74, 6) is 0. The molecule has 1 aromatic heterocycles. The number of anilines is 1. The number of aromatic nitrogens is 2. The van der Waals surface area contributed by atoms with Crippen LogP contribution in [0.25, 0.3) is 5.69 Å². The van der Waals surface area contributed by atoms with Crippen molar-refractivity contribution in [3.8, 4) is 5.69 Å². The van der Waals surface area contributed by atoms with E-state index in [4.69, 9.17) is 12.2 Å². The van der Waals surface area contributed by atoms with E-state index in [1.807, 2.05) is 66.2 Å². The van der Waals surface area contributed by atoms with Gasteiger partial charge in [0.15, 0.2) is 0 Å². The Balaban J connectivity index is 1.87. The lowest BCUT2D eigenvalue weighted by Crippen LogP contribution is -2.11. The van der Waals surface area contributed by atoms with E-state index in [-0.39, 0.29) is 0 Å². The Bertz CT molecular complexity index is 795. The van der Waals surface area contributed by atoms with Crippen LogP contribution in [0.2, 0.25) is 0 Å². The highest BCUT2D eigenvalue weighted by molar-refractivity contribution is 9.10. The van der Waals surface area contributed by atoms with Crippen molar-refractivity contribution in [2.45, 2.75) is 6.92 Å². The van der Waals surface area contributed by atoms with Crippen LogP contribution in [0, 0.1) is 6.92 Å². The van der Waals surface area contributed by atoms with Gasteiger partial charge in [-0.25, -0.2) is 4.68 Å². The maximum atomic E-state index is 5.50. The van der Waals surface area contributed by atoms with E-state index in [0.29, 0.717) is 4.99 Å². The van der Waals surface area contributed by atoms with Crippen LogP contribution in [0.5, 0.6) is 0 Å². The number of hydrogen-bond donors (Lipinski definition) is 1. The lowest BCUT2D eigenvalue weighted by Gasteiger charge is -2.08. The van der Waals surface area contributed by atoms with E-state index in [2.05, 4.69) is 26.3 Å². The zero-order valence-electron chi connectivity index (χ0n) is 12.0. The fourth-order valence-corrected chi connectivity index (χ4v) is 2.78. The zero-order valence-corrected chi connectivity index (χ0v) is 14.4. The molecule has 0 aliphatic carbocycles. The van der Waals surface area contributed by atoms with Crippen LogP contribution < -0.4 is 5.32 Å². The molecule has 3 nitrogen and oxygen atoms in total. The number of benzene rings is 2. The van der Waals surface area contributed by atoms with Crippen LogP contribution in [0.4, 0.5) is 5.69 Å². The van der Waals surface area contributed by atoms with Gasteiger partial charge in [0.05, 0.1) is 23.1 Å². The van der Waals surface area contributed by atoms with E-state index >= 15 is 0 Å². The highest BCUT2D eigenvalue weighted by Gasteiger charge is 2.12. The van der Waals surface area contributed by atoms with Crippen molar-refractivity contribution < 1.29 is 0 Å². The van der Waals surface area contributed by atoms with Gasteiger partial charge in [-0.2, -0.15) is 5.10 Å². The Morgan fingerprint density at radius 2 is 1.77 bits per heavy atom. The maximum absolute atomic E-state index is 5.50. The van der Waals surface area contributed by atoms with Gasteiger partial charge in [0, 0.05) is 10.2 Å². The predicted octanol–water partition coefficient (Wildman–Crippen LogP) is 4.73. The molecule has 5 heteroatoms. The molecule has 0 fully saturated rings. The average Bonchev–Trinajstić information content (AvgIpc) is 2.91. The van der Waals surface area contributed by atoms with Gasteiger partial charge in [-0.05, 0) is 43.3 Å². The second-order valence-electron chi connectivity index (χ2n) is 4.85. The van der Waals surface area contributed by atoms with Crippen molar-refractivity contribution in [3.05, 3.63) is 76.5 Å². The third-order valence-electron chi connectivity index (χ3n) is 3.36. The molecule has 0 atom stereocenters. The Morgan fingerprint density at radius 1 is 1.09 bits per heavy atom. The van der Waals surface area contributed by atoms with Gasteiger partial charge in [-0.3, -0.25) is 0 Å². The van der Waals surface area contributed by atoms with Crippen LogP contribution in [0.3, 0.4) is 0 Å². The molecule has 0 amide bonds. The van der Waals surface area contributed by atoms with Gasteiger partial charge in [0.1, 0.15) is 4.99 Å². The first kappa shape index (κ1) is 14.9. The molecule has 0 spiro atoms. The Hall–Kier alpha value is -1.98. The van der Waals surface area contributed by atoms with Crippen molar-refractivity contribution >= 4 is 38.8 Å². The largest absolute Gasteiger partial charge is 0.346 e. The molecule has 0 bridgehead atoms. The van der Waals surface area contributed by atoms with Gasteiger partial charge in [0.25, 0.3) is 0 Å². The summed E-state index contributed by atoms with van der Waals surface area (Å²) in [7, 11) is 0. The van der Waals surface area contributed by atoms with Crippen LogP contribution in [-0.2, 0) is 0 Å². The molecule has 0 unspecified atom stereocenters. The summed E-state index contributed by atoms with van der Waals surface area (Å²) in [6, 6.07) is 17.9. The lowest BCUT2D eigenvalue weighted by atomic mass is 10.2. The van der Waals surface area contributed by atoms with Gasteiger partial charge in [0.2, 0.25) is 0 Å². The fourth-order valence-electron chi connectivity index (χ4n) is 2.20. The normalized spacial score (nSPS) is 10.5. The van der Waals surface area contributed by atoms with Gasteiger partial charge >= 0.3 is 0 Å². The number of halogens is 1. The number of nitrogens with zero attached hydrogens (tertiary/aromatic N) is 2. The summed E-state index contributed by atoms with van der Waals surface area (Å²) in [4.78, 5) is 0.673. The van der Waals surface area contributed by atoms with Crippen molar-refractivity contribution in [2.75, 3.05) is 5.32 Å². The smallest absolute Gasteiger partial charge is 0.114 e. The molecule has 0 radical (unpaired) electrons. The van der Waals surface area contributed by atoms with E-state index in [1.54, 1.807) is 6.20 Å². The van der Waals surface area contributed by atoms with Crippen molar-refractivity contribution in [2.24, 2.45) is 0 Å². The molecule has 22 heavy (non-hydrogen) atoms. The number of thiocarbonyl (C=S) groups is 1. The number of hydrogen-bond acceptors (Lipinski definition) is 2. The molecule has 0 aliphatic heterocycles. The second-order valence-corrected chi connectivity index (χ2v) is 6.18. The highest BCUT2D eigenvalue weighted by Crippen LogP contribution is 2.18. The minimum atomic E-state index is 0.673. The summed E-state index contributed by atoms with van der Waals surface area (Å²) in [6.07, 6.45) is 1.80. The third-order valence-corrected chi connectivity index (χ3v) is 4.21. The molecular weight excluding hydrogens is 358 g/mol. The van der Waals surface area contributed by atoms with Gasteiger partial charge in [-0.15, -0.1) is 0 Å². The van der Waals surface area contributed by atoms with E-state index in [1.165, 1.54) is 0 Å². The minimum absolute atomic E-state index is 0.673. The molecule has 1 N–H and O–H groups in total. The standard InChI is InChI=1S/C17H14BrN3S/c1-12-16(17(22)20-14-5-3-2-4-6-14)11-19-21(12)15-9-7-13(18)8-10-15/h2-11H,1H3,(H,20,22). The number of nitrogens with one attached hydrogen (secondary N) is 1. The molecule has 1 heterocycles. The summed E-state index contributed by atoms with van der Waals surface area (Å²) >= 11 is 8.94. The summed E-state index contributed by atoms with van der Waals surface area (Å²) < 4.78 is 2.93. The van der Waals surface area contributed by atoms with Crippen LogP contribution in [0.1, 0.15) is 11.3 Å². The second kappa shape index (κ2) is 6.42. The Morgan fingerprint density at radius 3 is 2.45 bits per heavy atom. The molecule has 0 saturated heterocycles. The molecule has 3 aromatic rings. The van der Waals surface area contributed by atoms with E-state index < -0.39 is 0 Å². The third kappa shape index (κ3) is 3.10. The monoisotopic (exact) mass is 371 g/mol. The Labute approximate surface area is 143 Å². The van der Waals surface area contributed by atoms with Gasteiger partial charge < -0.3 is 5.32 Å². The highest BCUT2D eigenvalue weighted by atomic mass is 79.9. The topological polar surface area (TPSA) is 29.9 Å². The molecule has 2 aromatic carbocycles. The average molecular weight is 372 g/mol. The summed E-state index contributed by atoms with van der Waals surface area (Å²) in [5.41, 5.74) is 3.93. The molecule has 110 valence electrons. The van der Waals surface area contributed by atoms with E-state index in [9.17, 15) is 0 Å². The first-order chi connectivity index (χ1) is 10.6. The van der Waals surface area contributed by atoms with Crippen LogP contribution in [-0.4, -0.2) is 14.8 Å².